The largest absolute Gasteiger partial charge is 0.480 e. The molecule has 7 nitrogen and oxygen atoms in total. The lowest BCUT2D eigenvalue weighted by atomic mass is 10.2. The number of furan rings is 1. The third-order valence-corrected chi connectivity index (χ3v) is 3.61. The van der Waals surface area contributed by atoms with Gasteiger partial charge in [-0.3, -0.25) is 4.79 Å². The molecular weight excluding hydrogens is 296 g/mol. The van der Waals surface area contributed by atoms with Gasteiger partial charge in [0.25, 0.3) is 5.91 Å². The van der Waals surface area contributed by atoms with Crippen LogP contribution in [0.15, 0.2) is 28.4 Å². The van der Waals surface area contributed by atoms with E-state index in [2.05, 4.69) is 10.3 Å². The summed E-state index contributed by atoms with van der Waals surface area (Å²) in [6.45, 7) is 0.245. The number of rotatable bonds is 7. The molecule has 112 valence electrons. The zero-order valence-corrected chi connectivity index (χ0v) is 12.1. The third-order valence-electron chi connectivity index (χ3n) is 2.72. The van der Waals surface area contributed by atoms with Crippen molar-refractivity contribution in [2.24, 2.45) is 0 Å². The number of methoxy groups -OCH3 is 1. The molecule has 0 fully saturated rings. The number of carboxylic acid groups (broad SMARTS) is 1. The first kappa shape index (κ1) is 15.2. The lowest BCUT2D eigenvalue weighted by Crippen LogP contribution is -2.41. The Balaban J connectivity index is 2.04. The number of carbonyl (C=O) groups excluding carboxylic acids is 1. The Morgan fingerprint density at radius 2 is 2.38 bits per heavy atom. The molecule has 0 saturated carbocycles. The van der Waals surface area contributed by atoms with Crippen LogP contribution in [0.25, 0.3) is 10.6 Å². The van der Waals surface area contributed by atoms with Crippen LogP contribution in [0.5, 0.6) is 0 Å². The van der Waals surface area contributed by atoms with Crippen molar-refractivity contribution < 1.29 is 23.8 Å². The summed E-state index contributed by atoms with van der Waals surface area (Å²) in [4.78, 5) is 27.2. The quantitative estimate of drug-likeness (QED) is 0.806. The van der Waals surface area contributed by atoms with Crippen LogP contribution in [0.3, 0.4) is 0 Å². The maximum absolute atomic E-state index is 12.0. The number of hydrogen-bond donors (Lipinski definition) is 2. The van der Waals surface area contributed by atoms with Gasteiger partial charge in [0.05, 0.1) is 6.26 Å². The van der Waals surface area contributed by atoms with E-state index in [1.54, 1.807) is 11.4 Å². The van der Waals surface area contributed by atoms with Crippen molar-refractivity contribution in [2.75, 3.05) is 13.7 Å². The summed E-state index contributed by atoms with van der Waals surface area (Å²) in [6, 6.07) is 0.732. The van der Waals surface area contributed by atoms with Gasteiger partial charge in [-0.05, 0) is 6.07 Å². The first-order valence-electron chi connectivity index (χ1n) is 6.12. The van der Waals surface area contributed by atoms with Gasteiger partial charge < -0.3 is 19.6 Å². The summed E-state index contributed by atoms with van der Waals surface area (Å²) >= 11 is 1.28. The van der Waals surface area contributed by atoms with E-state index in [1.807, 2.05) is 0 Å². The number of ether oxygens (including phenoxy) is 1. The van der Waals surface area contributed by atoms with E-state index >= 15 is 0 Å². The molecule has 1 unspecified atom stereocenters. The van der Waals surface area contributed by atoms with Crippen LogP contribution in [0.1, 0.15) is 16.9 Å². The topological polar surface area (TPSA) is 102 Å². The predicted octanol–water partition coefficient (Wildman–Crippen LogP) is 1.62. The molecule has 0 aliphatic carbocycles. The van der Waals surface area contributed by atoms with Crippen molar-refractivity contribution in [1.82, 2.24) is 10.3 Å². The fourth-order valence-electron chi connectivity index (χ4n) is 1.62. The van der Waals surface area contributed by atoms with E-state index in [1.165, 1.54) is 31.0 Å². The Morgan fingerprint density at radius 3 is 3.00 bits per heavy atom. The van der Waals surface area contributed by atoms with Crippen molar-refractivity contribution in [3.63, 3.8) is 0 Å². The van der Waals surface area contributed by atoms with Crippen molar-refractivity contribution in [1.29, 1.82) is 0 Å². The summed E-state index contributed by atoms with van der Waals surface area (Å²) in [7, 11) is 1.47. The SMILES string of the molecule is COCCC(NC(=O)c1csc(-c2ccoc2)n1)C(=O)O. The molecule has 2 rings (SSSR count). The summed E-state index contributed by atoms with van der Waals surface area (Å²) in [5.74, 6) is -1.63. The number of carboxylic acids is 1. The van der Waals surface area contributed by atoms with Crippen LogP contribution in [0.2, 0.25) is 0 Å². The van der Waals surface area contributed by atoms with Gasteiger partial charge in [-0.25, -0.2) is 9.78 Å². The normalized spacial score (nSPS) is 12.0. The number of hydrogen-bond acceptors (Lipinski definition) is 6. The van der Waals surface area contributed by atoms with Gasteiger partial charge in [-0.15, -0.1) is 11.3 Å². The summed E-state index contributed by atoms with van der Waals surface area (Å²) < 4.78 is 9.78. The molecule has 2 aromatic rings. The number of carbonyl (C=O) groups is 2. The number of nitrogens with one attached hydrogen (secondary N) is 1. The van der Waals surface area contributed by atoms with E-state index in [0.717, 1.165) is 5.56 Å². The van der Waals surface area contributed by atoms with Crippen LogP contribution >= 0.6 is 11.3 Å². The summed E-state index contributed by atoms with van der Waals surface area (Å²) in [6.07, 6.45) is 3.23. The molecule has 0 aliphatic rings. The number of thiazole rings is 1. The molecule has 0 aromatic carbocycles. The smallest absolute Gasteiger partial charge is 0.326 e. The molecule has 2 N–H and O–H groups in total. The molecule has 0 radical (unpaired) electrons. The maximum atomic E-state index is 12.0. The first-order valence-corrected chi connectivity index (χ1v) is 7.00. The molecule has 2 aromatic heterocycles. The van der Waals surface area contributed by atoms with Gasteiger partial charge in [0, 0.05) is 31.1 Å². The number of amides is 1. The molecule has 8 heteroatoms. The fourth-order valence-corrected chi connectivity index (χ4v) is 2.41. The van der Waals surface area contributed by atoms with Crippen molar-refractivity contribution in [2.45, 2.75) is 12.5 Å². The second kappa shape index (κ2) is 7.00. The molecule has 0 spiro atoms. The van der Waals surface area contributed by atoms with Gasteiger partial charge >= 0.3 is 5.97 Å². The molecule has 0 aliphatic heterocycles. The lowest BCUT2D eigenvalue weighted by Gasteiger charge is -2.12. The second-order valence-electron chi connectivity index (χ2n) is 4.20. The van der Waals surface area contributed by atoms with Crippen molar-refractivity contribution >= 4 is 23.2 Å². The second-order valence-corrected chi connectivity index (χ2v) is 5.05. The highest BCUT2D eigenvalue weighted by Gasteiger charge is 2.22. The van der Waals surface area contributed by atoms with Crippen LogP contribution < -0.4 is 5.32 Å². The van der Waals surface area contributed by atoms with Gasteiger partial charge in [-0.2, -0.15) is 0 Å². The van der Waals surface area contributed by atoms with E-state index < -0.39 is 17.9 Å². The highest BCUT2D eigenvalue weighted by Crippen LogP contribution is 2.23. The number of nitrogens with zero attached hydrogens (tertiary/aromatic N) is 1. The fraction of sp³-hybridized carbons (Fsp3) is 0.308. The molecule has 1 atom stereocenters. The Morgan fingerprint density at radius 1 is 1.57 bits per heavy atom. The summed E-state index contributed by atoms with van der Waals surface area (Å²) in [5, 5.41) is 13.7. The molecule has 0 saturated heterocycles. The maximum Gasteiger partial charge on any atom is 0.326 e. The first-order chi connectivity index (χ1) is 10.1. The van der Waals surface area contributed by atoms with E-state index in [0.29, 0.717) is 5.01 Å². The van der Waals surface area contributed by atoms with Gasteiger partial charge in [0.2, 0.25) is 0 Å². The van der Waals surface area contributed by atoms with Crippen LogP contribution in [0, 0.1) is 0 Å². The third kappa shape index (κ3) is 3.89. The Bertz CT molecular complexity index is 608. The number of aromatic nitrogens is 1. The van der Waals surface area contributed by atoms with E-state index in [9.17, 15) is 9.59 Å². The molecule has 21 heavy (non-hydrogen) atoms. The van der Waals surface area contributed by atoms with Gasteiger partial charge in [-0.1, -0.05) is 0 Å². The standard InChI is InChI=1S/C13H14N2O5S/c1-19-4-3-9(13(17)18)14-11(16)10-7-21-12(15-10)8-2-5-20-6-8/h2,5-7,9H,3-4H2,1H3,(H,14,16)(H,17,18). The summed E-state index contributed by atoms with van der Waals surface area (Å²) in [5.41, 5.74) is 0.952. The minimum Gasteiger partial charge on any atom is -0.480 e. The zero-order valence-electron chi connectivity index (χ0n) is 11.2. The Kier molecular flexibility index (Phi) is 5.07. The monoisotopic (exact) mass is 310 g/mol. The van der Waals surface area contributed by atoms with E-state index in [-0.39, 0.29) is 18.7 Å². The Hall–Kier alpha value is -2.19. The van der Waals surface area contributed by atoms with Gasteiger partial charge in [0.15, 0.2) is 0 Å². The molecule has 1 amide bonds. The Labute approximate surface area is 124 Å². The highest BCUT2D eigenvalue weighted by atomic mass is 32.1. The molecule has 2 heterocycles. The molecule has 0 bridgehead atoms. The average molecular weight is 310 g/mol. The number of aliphatic carboxylic acids is 1. The average Bonchev–Trinajstić information content (AvgIpc) is 3.12. The predicted molar refractivity (Wildman–Crippen MR) is 75.2 cm³/mol. The van der Waals surface area contributed by atoms with Gasteiger partial charge in [0.1, 0.15) is 23.0 Å². The van der Waals surface area contributed by atoms with E-state index in [4.69, 9.17) is 14.3 Å². The minimum atomic E-state index is -1.11. The minimum absolute atomic E-state index is 0.180. The highest BCUT2D eigenvalue weighted by molar-refractivity contribution is 7.13. The lowest BCUT2D eigenvalue weighted by molar-refractivity contribution is -0.139. The zero-order chi connectivity index (χ0) is 15.2. The van der Waals surface area contributed by atoms with Crippen molar-refractivity contribution in [3.05, 3.63) is 29.7 Å². The van der Waals surface area contributed by atoms with Crippen LogP contribution in [-0.2, 0) is 9.53 Å². The molecular formula is C13H14N2O5S. The van der Waals surface area contributed by atoms with Crippen molar-refractivity contribution in [3.8, 4) is 10.6 Å². The van der Waals surface area contributed by atoms with Crippen LogP contribution in [0.4, 0.5) is 0 Å². The van der Waals surface area contributed by atoms with Crippen LogP contribution in [-0.4, -0.2) is 41.7 Å².